The van der Waals surface area contributed by atoms with E-state index >= 15 is 0 Å². The molecule has 4 heteroatoms. The molecule has 1 rings (SSSR count). The zero-order valence-corrected chi connectivity index (χ0v) is 9.72. The van der Waals surface area contributed by atoms with E-state index in [2.05, 4.69) is 0 Å². The number of aliphatic carboxylic acids is 1. The number of hydrogen-bond acceptors (Lipinski definition) is 3. The largest absolute Gasteiger partial charge is 0.479 e. The fraction of sp³-hybridized carbons (Fsp3) is 0.385. The highest BCUT2D eigenvalue weighted by atomic mass is 16.4. The van der Waals surface area contributed by atoms with Crippen molar-refractivity contribution in [2.75, 3.05) is 0 Å². The predicted molar refractivity (Wildman–Crippen MR) is 62.9 cm³/mol. The van der Waals surface area contributed by atoms with Crippen LogP contribution < -0.4 is 0 Å². The molecule has 0 amide bonds. The Bertz CT molecular complexity index is 394. The van der Waals surface area contributed by atoms with Crippen LogP contribution in [-0.2, 0) is 4.79 Å². The average Bonchev–Trinajstić information content (AvgIpc) is 2.35. The standard InChI is InChI=1S/C13H16O4/c1-2-3-4-11(14)9-5-7-10(8-6-9)12(15)13(16)17/h5-8,12,15H,2-4H2,1H3,(H,16,17). The minimum absolute atomic E-state index is 0.0446. The van der Waals surface area contributed by atoms with Crippen molar-refractivity contribution in [2.24, 2.45) is 0 Å². The lowest BCUT2D eigenvalue weighted by molar-refractivity contribution is -0.146. The van der Waals surface area contributed by atoms with Gasteiger partial charge in [0.25, 0.3) is 0 Å². The number of carbonyl (C=O) groups excluding carboxylic acids is 1. The summed E-state index contributed by atoms with van der Waals surface area (Å²) in [7, 11) is 0. The topological polar surface area (TPSA) is 74.6 Å². The van der Waals surface area contributed by atoms with E-state index in [0.29, 0.717) is 12.0 Å². The summed E-state index contributed by atoms with van der Waals surface area (Å²) >= 11 is 0. The molecule has 0 aliphatic rings. The molecule has 0 aliphatic heterocycles. The molecule has 0 radical (unpaired) electrons. The molecule has 1 aromatic carbocycles. The number of carboxylic acids is 1. The fourth-order valence-electron chi connectivity index (χ4n) is 1.48. The highest BCUT2D eigenvalue weighted by Crippen LogP contribution is 2.15. The SMILES string of the molecule is CCCCC(=O)c1ccc(C(O)C(=O)O)cc1. The number of benzene rings is 1. The van der Waals surface area contributed by atoms with Crippen LogP contribution in [0.25, 0.3) is 0 Å². The zero-order valence-electron chi connectivity index (χ0n) is 9.72. The number of aliphatic hydroxyl groups excluding tert-OH is 1. The van der Waals surface area contributed by atoms with Crippen LogP contribution in [0.1, 0.15) is 48.2 Å². The first-order valence-electron chi connectivity index (χ1n) is 5.60. The lowest BCUT2D eigenvalue weighted by Crippen LogP contribution is -2.10. The second-order valence-corrected chi connectivity index (χ2v) is 3.89. The first-order chi connectivity index (χ1) is 8.06. The van der Waals surface area contributed by atoms with Crippen molar-refractivity contribution in [3.63, 3.8) is 0 Å². The number of carboxylic acid groups (broad SMARTS) is 1. The predicted octanol–water partition coefficient (Wildman–Crippen LogP) is 2.18. The molecule has 1 aromatic rings. The van der Waals surface area contributed by atoms with Crippen molar-refractivity contribution in [3.8, 4) is 0 Å². The lowest BCUT2D eigenvalue weighted by Gasteiger charge is -2.06. The van der Waals surface area contributed by atoms with E-state index in [1.165, 1.54) is 12.1 Å². The Morgan fingerprint density at radius 2 is 1.82 bits per heavy atom. The minimum Gasteiger partial charge on any atom is -0.479 e. The Balaban J connectivity index is 2.74. The third-order valence-corrected chi connectivity index (χ3v) is 2.54. The van der Waals surface area contributed by atoms with E-state index in [1.807, 2.05) is 6.92 Å². The summed E-state index contributed by atoms with van der Waals surface area (Å²) in [5, 5.41) is 17.9. The summed E-state index contributed by atoms with van der Waals surface area (Å²) in [6.45, 7) is 2.01. The highest BCUT2D eigenvalue weighted by Gasteiger charge is 2.15. The van der Waals surface area contributed by atoms with Gasteiger partial charge in [-0.25, -0.2) is 4.79 Å². The van der Waals surface area contributed by atoms with Gasteiger partial charge in [-0.15, -0.1) is 0 Å². The minimum atomic E-state index is -1.53. The van der Waals surface area contributed by atoms with E-state index in [9.17, 15) is 14.7 Å². The summed E-state index contributed by atoms with van der Waals surface area (Å²) in [6.07, 6.45) is 0.770. The van der Waals surface area contributed by atoms with Gasteiger partial charge in [0.2, 0.25) is 0 Å². The summed E-state index contributed by atoms with van der Waals surface area (Å²) < 4.78 is 0. The van der Waals surface area contributed by atoms with Gasteiger partial charge in [0.15, 0.2) is 11.9 Å². The van der Waals surface area contributed by atoms with Crippen molar-refractivity contribution in [2.45, 2.75) is 32.3 Å². The number of ketones is 1. The van der Waals surface area contributed by atoms with Crippen LogP contribution in [0.2, 0.25) is 0 Å². The molecular weight excluding hydrogens is 220 g/mol. The second-order valence-electron chi connectivity index (χ2n) is 3.89. The van der Waals surface area contributed by atoms with E-state index < -0.39 is 12.1 Å². The van der Waals surface area contributed by atoms with Gasteiger partial charge in [-0.2, -0.15) is 0 Å². The van der Waals surface area contributed by atoms with Crippen LogP contribution in [0.5, 0.6) is 0 Å². The van der Waals surface area contributed by atoms with Crippen LogP contribution >= 0.6 is 0 Å². The number of Topliss-reactive ketones (excluding diaryl/α,β-unsaturated/α-hetero) is 1. The zero-order chi connectivity index (χ0) is 12.8. The average molecular weight is 236 g/mol. The Morgan fingerprint density at radius 3 is 2.29 bits per heavy atom. The molecule has 4 nitrogen and oxygen atoms in total. The summed E-state index contributed by atoms with van der Waals surface area (Å²) in [6, 6.07) is 6.05. The van der Waals surface area contributed by atoms with Crippen molar-refractivity contribution in [3.05, 3.63) is 35.4 Å². The van der Waals surface area contributed by atoms with Crippen molar-refractivity contribution in [1.82, 2.24) is 0 Å². The molecule has 1 unspecified atom stereocenters. The van der Waals surface area contributed by atoms with Crippen LogP contribution in [-0.4, -0.2) is 22.0 Å². The Morgan fingerprint density at radius 1 is 1.24 bits per heavy atom. The first kappa shape index (κ1) is 13.4. The molecule has 17 heavy (non-hydrogen) atoms. The van der Waals surface area contributed by atoms with Gasteiger partial charge in [-0.05, 0) is 12.0 Å². The molecule has 0 saturated heterocycles. The number of hydrogen-bond donors (Lipinski definition) is 2. The van der Waals surface area contributed by atoms with Crippen LogP contribution in [0.4, 0.5) is 0 Å². The first-order valence-corrected chi connectivity index (χ1v) is 5.60. The van der Waals surface area contributed by atoms with E-state index in [-0.39, 0.29) is 11.3 Å². The van der Waals surface area contributed by atoms with Gasteiger partial charge < -0.3 is 10.2 Å². The maximum Gasteiger partial charge on any atom is 0.337 e. The van der Waals surface area contributed by atoms with E-state index in [0.717, 1.165) is 12.8 Å². The van der Waals surface area contributed by atoms with Crippen molar-refractivity contribution in [1.29, 1.82) is 0 Å². The summed E-state index contributed by atoms with van der Waals surface area (Å²) in [5.74, 6) is -1.25. The summed E-state index contributed by atoms with van der Waals surface area (Å²) in [5.41, 5.74) is 0.837. The molecule has 1 atom stereocenters. The third-order valence-electron chi connectivity index (χ3n) is 2.54. The molecule has 2 N–H and O–H groups in total. The van der Waals surface area contributed by atoms with Gasteiger partial charge in [-0.1, -0.05) is 37.6 Å². The second kappa shape index (κ2) is 6.15. The van der Waals surface area contributed by atoms with E-state index in [4.69, 9.17) is 5.11 Å². The Kier molecular flexibility index (Phi) is 4.84. The normalized spacial score (nSPS) is 12.1. The van der Waals surface area contributed by atoms with E-state index in [1.54, 1.807) is 12.1 Å². The fourth-order valence-corrected chi connectivity index (χ4v) is 1.48. The molecule has 0 aliphatic carbocycles. The smallest absolute Gasteiger partial charge is 0.337 e. The Labute approximate surface area is 99.9 Å². The van der Waals surface area contributed by atoms with Gasteiger partial charge in [-0.3, -0.25) is 4.79 Å². The highest BCUT2D eigenvalue weighted by molar-refractivity contribution is 5.96. The van der Waals surface area contributed by atoms with Crippen LogP contribution in [0.3, 0.4) is 0 Å². The van der Waals surface area contributed by atoms with Crippen molar-refractivity contribution >= 4 is 11.8 Å². The summed E-state index contributed by atoms with van der Waals surface area (Å²) in [4.78, 5) is 22.2. The molecule has 0 fully saturated rings. The number of aliphatic hydroxyl groups is 1. The lowest BCUT2D eigenvalue weighted by atomic mass is 10.0. The monoisotopic (exact) mass is 236 g/mol. The molecular formula is C13H16O4. The number of unbranched alkanes of at least 4 members (excludes halogenated alkanes) is 1. The van der Waals surface area contributed by atoms with Crippen molar-refractivity contribution < 1.29 is 19.8 Å². The molecule has 0 saturated carbocycles. The molecule has 92 valence electrons. The maximum absolute atomic E-state index is 11.6. The van der Waals surface area contributed by atoms with Gasteiger partial charge in [0.05, 0.1) is 0 Å². The molecule has 0 heterocycles. The quantitative estimate of drug-likeness (QED) is 0.742. The molecule has 0 bridgehead atoms. The van der Waals surface area contributed by atoms with Crippen LogP contribution in [0, 0.1) is 0 Å². The maximum atomic E-state index is 11.6. The van der Waals surface area contributed by atoms with Gasteiger partial charge in [0, 0.05) is 12.0 Å². The number of rotatable bonds is 6. The van der Waals surface area contributed by atoms with Gasteiger partial charge in [0.1, 0.15) is 0 Å². The molecule has 0 aromatic heterocycles. The number of carbonyl (C=O) groups is 2. The van der Waals surface area contributed by atoms with Gasteiger partial charge >= 0.3 is 5.97 Å². The third kappa shape index (κ3) is 3.67. The molecule has 0 spiro atoms. The Hall–Kier alpha value is -1.68. The van der Waals surface area contributed by atoms with Crippen LogP contribution in [0.15, 0.2) is 24.3 Å².